The second-order valence-electron chi connectivity index (χ2n) is 5.57. The lowest BCUT2D eigenvalue weighted by Crippen LogP contribution is -2.14. The predicted octanol–water partition coefficient (Wildman–Crippen LogP) is 4.34. The average Bonchev–Trinajstić information content (AvgIpc) is 2.61. The highest BCUT2D eigenvalue weighted by atomic mass is 19.1. The van der Waals surface area contributed by atoms with Crippen LogP contribution in [0.25, 0.3) is 10.9 Å². The van der Waals surface area contributed by atoms with E-state index in [2.05, 4.69) is 4.98 Å². The fraction of sp³-hybridized carbons (Fsp3) is 0.150. The van der Waals surface area contributed by atoms with Crippen LogP contribution in [-0.4, -0.2) is 11.0 Å². The van der Waals surface area contributed by atoms with E-state index < -0.39 is 11.8 Å². The molecular weight excluding hydrogens is 319 g/mol. The summed E-state index contributed by atoms with van der Waals surface area (Å²) in [4.78, 5) is 17.3. The highest BCUT2D eigenvalue weighted by Crippen LogP contribution is 2.27. The van der Waals surface area contributed by atoms with E-state index in [4.69, 9.17) is 10.00 Å². The van der Waals surface area contributed by atoms with Crippen LogP contribution in [0.3, 0.4) is 0 Å². The minimum atomic E-state index is -0.632. The van der Waals surface area contributed by atoms with Crippen molar-refractivity contribution >= 4 is 16.9 Å². The van der Waals surface area contributed by atoms with Crippen LogP contribution in [0.1, 0.15) is 34.1 Å². The third-order valence-corrected chi connectivity index (χ3v) is 4.04. The number of hydrogen-bond acceptors (Lipinski definition) is 4. The van der Waals surface area contributed by atoms with Crippen molar-refractivity contribution in [1.82, 2.24) is 4.98 Å². The lowest BCUT2D eigenvalue weighted by atomic mass is 10.00. The molecule has 0 saturated carbocycles. The summed E-state index contributed by atoms with van der Waals surface area (Å²) in [7, 11) is 0. The molecule has 124 valence electrons. The van der Waals surface area contributed by atoms with Crippen LogP contribution in [0.5, 0.6) is 5.75 Å². The van der Waals surface area contributed by atoms with Gasteiger partial charge in [-0.3, -0.25) is 4.98 Å². The topological polar surface area (TPSA) is 63.0 Å². The van der Waals surface area contributed by atoms with E-state index in [1.54, 1.807) is 37.3 Å². The Balaban J connectivity index is 2.16. The maximum absolute atomic E-state index is 13.7. The fourth-order valence-electron chi connectivity index (χ4n) is 2.79. The first-order valence-corrected chi connectivity index (χ1v) is 7.85. The van der Waals surface area contributed by atoms with Gasteiger partial charge < -0.3 is 4.74 Å². The Morgan fingerprint density at radius 3 is 2.76 bits per heavy atom. The smallest absolute Gasteiger partial charge is 0.344 e. The van der Waals surface area contributed by atoms with Crippen LogP contribution >= 0.6 is 0 Å². The number of nitrogens with zero attached hydrogens (tertiary/aromatic N) is 2. The Bertz CT molecular complexity index is 1020. The Kier molecular flexibility index (Phi) is 4.44. The Labute approximate surface area is 144 Å². The van der Waals surface area contributed by atoms with Gasteiger partial charge in [0, 0.05) is 11.1 Å². The number of rotatable bonds is 3. The van der Waals surface area contributed by atoms with Crippen molar-refractivity contribution in [3.05, 3.63) is 70.7 Å². The van der Waals surface area contributed by atoms with Gasteiger partial charge >= 0.3 is 5.97 Å². The number of carbonyl (C=O) groups is 1. The molecule has 25 heavy (non-hydrogen) atoms. The largest absolute Gasteiger partial charge is 0.421 e. The van der Waals surface area contributed by atoms with Gasteiger partial charge in [0.1, 0.15) is 17.6 Å². The summed E-state index contributed by atoms with van der Waals surface area (Å²) in [6, 6.07) is 12.6. The Hall–Kier alpha value is -3.26. The van der Waals surface area contributed by atoms with Gasteiger partial charge in [-0.25, -0.2) is 9.18 Å². The van der Waals surface area contributed by atoms with Gasteiger partial charge in [0.15, 0.2) is 0 Å². The van der Waals surface area contributed by atoms with Crippen molar-refractivity contribution in [2.45, 2.75) is 20.3 Å². The summed E-state index contributed by atoms with van der Waals surface area (Å²) in [5.41, 5.74) is 2.46. The van der Waals surface area contributed by atoms with E-state index in [9.17, 15) is 9.18 Å². The monoisotopic (exact) mass is 334 g/mol. The van der Waals surface area contributed by atoms with Crippen molar-refractivity contribution in [3.8, 4) is 11.8 Å². The lowest BCUT2D eigenvalue weighted by molar-refractivity contribution is 0.0735. The predicted molar refractivity (Wildman–Crippen MR) is 91.9 cm³/mol. The number of para-hydroxylation sites is 1. The number of hydrogen-bond donors (Lipinski definition) is 0. The maximum Gasteiger partial charge on any atom is 0.344 e. The quantitative estimate of drug-likeness (QED) is 0.528. The first-order valence-electron chi connectivity index (χ1n) is 7.85. The van der Waals surface area contributed by atoms with E-state index in [1.165, 1.54) is 12.1 Å². The number of nitriles is 1. The van der Waals surface area contributed by atoms with Crippen LogP contribution in [-0.2, 0) is 6.42 Å². The fourth-order valence-corrected chi connectivity index (χ4v) is 2.79. The molecule has 0 atom stereocenters. The third-order valence-electron chi connectivity index (χ3n) is 4.04. The number of fused-ring (bicyclic) bond motifs is 1. The summed E-state index contributed by atoms with van der Waals surface area (Å²) >= 11 is 0. The van der Waals surface area contributed by atoms with Crippen molar-refractivity contribution in [2.24, 2.45) is 0 Å². The molecule has 0 unspecified atom stereocenters. The molecule has 5 heteroatoms. The van der Waals surface area contributed by atoms with Gasteiger partial charge in [0.2, 0.25) is 0 Å². The molecule has 0 aliphatic heterocycles. The standard InChI is InChI=1S/C20H15FN2O2/c1-3-16-12(2)19(15-10-14(21)8-9-17(15)23-16)20(24)25-18-7-5-4-6-13(18)11-22/h4-10H,3H2,1-2H3. The highest BCUT2D eigenvalue weighted by Gasteiger charge is 2.20. The SMILES string of the molecule is CCc1nc2ccc(F)cc2c(C(=O)Oc2ccccc2C#N)c1C. The van der Waals surface area contributed by atoms with Gasteiger partial charge in [0.25, 0.3) is 0 Å². The Morgan fingerprint density at radius 2 is 2.04 bits per heavy atom. The first kappa shape index (κ1) is 16.6. The van der Waals surface area contributed by atoms with Crippen molar-refractivity contribution in [3.63, 3.8) is 0 Å². The number of benzene rings is 2. The number of aryl methyl sites for hydroxylation is 1. The summed E-state index contributed by atoms with van der Waals surface area (Å²) in [6.07, 6.45) is 0.633. The third kappa shape index (κ3) is 3.07. The molecule has 0 aliphatic carbocycles. The molecule has 0 radical (unpaired) electrons. The number of esters is 1. The number of ether oxygens (including phenoxy) is 1. The molecule has 0 fully saturated rings. The van der Waals surface area contributed by atoms with Crippen LogP contribution in [0.2, 0.25) is 0 Å². The molecule has 0 saturated heterocycles. The van der Waals surface area contributed by atoms with Gasteiger partial charge in [-0.15, -0.1) is 0 Å². The molecule has 0 amide bonds. The second kappa shape index (κ2) is 6.70. The van der Waals surface area contributed by atoms with Crippen molar-refractivity contribution < 1.29 is 13.9 Å². The van der Waals surface area contributed by atoms with Gasteiger partial charge in [0.05, 0.1) is 16.6 Å². The number of halogens is 1. The second-order valence-corrected chi connectivity index (χ2v) is 5.57. The van der Waals surface area contributed by atoms with Crippen LogP contribution < -0.4 is 4.74 Å². The normalized spacial score (nSPS) is 10.5. The van der Waals surface area contributed by atoms with E-state index in [0.717, 1.165) is 5.69 Å². The summed E-state index contributed by atoms with van der Waals surface area (Å²) < 4.78 is 19.2. The average molecular weight is 334 g/mol. The van der Waals surface area contributed by atoms with E-state index in [0.29, 0.717) is 22.9 Å². The number of pyridine rings is 1. The maximum atomic E-state index is 13.7. The molecule has 0 aliphatic rings. The molecule has 0 bridgehead atoms. The molecule has 0 N–H and O–H groups in total. The molecular formula is C20H15FN2O2. The molecule has 1 heterocycles. The van der Waals surface area contributed by atoms with E-state index in [1.807, 2.05) is 13.0 Å². The van der Waals surface area contributed by atoms with E-state index in [-0.39, 0.29) is 16.9 Å². The molecule has 2 aromatic carbocycles. The van der Waals surface area contributed by atoms with Crippen LogP contribution in [0.4, 0.5) is 4.39 Å². The molecule has 1 aromatic heterocycles. The lowest BCUT2D eigenvalue weighted by Gasteiger charge is -2.13. The van der Waals surface area contributed by atoms with Crippen LogP contribution in [0, 0.1) is 24.1 Å². The summed E-state index contributed by atoms with van der Waals surface area (Å²) in [5.74, 6) is -0.911. The highest BCUT2D eigenvalue weighted by molar-refractivity contribution is 6.05. The first-order chi connectivity index (χ1) is 12.0. The summed E-state index contributed by atoms with van der Waals surface area (Å²) in [5, 5.41) is 9.54. The minimum absolute atomic E-state index is 0.175. The molecule has 4 nitrogen and oxygen atoms in total. The summed E-state index contributed by atoms with van der Waals surface area (Å²) in [6.45, 7) is 3.70. The molecule has 0 spiro atoms. The minimum Gasteiger partial charge on any atom is -0.421 e. The van der Waals surface area contributed by atoms with Crippen LogP contribution in [0.15, 0.2) is 42.5 Å². The number of carbonyl (C=O) groups excluding carboxylic acids is 1. The van der Waals surface area contributed by atoms with Gasteiger partial charge in [-0.2, -0.15) is 5.26 Å². The zero-order valence-electron chi connectivity index (χ0n) is 13.8. The van der Waals surface area contributed by atoms with Gasteiger partial charge in [-0.05, 0) is 49.2 Å². The molecule has 3 aromatic rings. The van der Waals surface area contributed by atoms with Gasteiger partial charge in [-0.1, -0.05) is 19.1 Å². The zero-order valence-corrected chi connectivity index (χ0v) is 13.8. The Morgan fingerprint density at radius 1 is 1.28 bits per heavy atom. The molecule has 3 rings (SSSR count). The zero-order chi connectivity index (χ0) is 18.0. The van der Waals surface area contributed by atoms with Crippen molar-refractivity contribution in [2.75, 3.05) is 0 Å². The van der Waals surface area contributed by atoms with Crippen molar-refractivity contribution in [1.29, 1.82) is 5.26 Å². The number of aromatic nitrogens is 1. The van der Waals surface area contributed by atoms with E-state index >= 15 is 0 Å².